The number of morpholine rings is 1. The van der Waals surface area contributed by atoms with Crippen molar-refractivity contribution in [3.8, 4) is 0 Å². The number of hydrogen-bond donors (Lipinski definition) is 2. The summed E-state index contributed by atoms with van der Waals surface area (Å²) in [5.41, 5.74) is 0. The number of amides is 1. The van der Waals surface area contributed by atoms with Gasteiger partial charge in [-0.25, -0.2) is 0 Å². The zero-order valence-corrected chi connectivity index (χ0v) is 11.3. The van der Waals surface area contributed by atoms with Gasteiger partial charge in [-0.3, -0.25) is 4.79 Å². The van der Waals surface area contributed by atoms with Crippen LogP contribution in [0.1, 0.15) is 33.1 Å². The lowest BCUT2D eigenvalue weighted by atomic mass is 10.1. The summed E-state index contributed by atoms with van der Waals surface area (Å²) >= 11 is 0. The number of carbonyl (C=O) groups is 1. The Kier molecular flexibility index (Phi) is 4.97. The van der Waals surface area contributed by atoms with Gasteiger partial charge < -0.3 is 20.1 Å². The third-order valence-electron chi connectivity index (χ3n) is 3.63. The van der Waals surface area contributed by atoms with Crippen molar-refractivity contribution < 1.29 is 14.3 Å². The van der Waals surface area contributed by atoms with Crippen LogP contribution < -0.4 is 10.6 Å². The molecule has 0 radical (unpaired) electrons. The summed E-state index contributed by atoms with van der Waals surface area (Å²) in [4.78, 5) is 12.1. The minimum atomic E-state index is -0.231. The van der Waals surface area contributed by atoms with Crippen LogP contribution in [0.2, 0.25) is 0 Å². The topological polar surface area (TPSA) is 59.6 Å². The second-order valence-electron chi connectivity index (χ2n) is 5.29. The molecule has 0 aromatic heterocycles. The maximum absolute atomic E-state index is 12.1. The monoisotopic (exact) mass is 256 g/mol. The number of rotatable bonds is 4. The van der Waals surface area contributed by atoms with Gasteiger partial charge in [0.2, 0.25) is 5.91 Å². The molecule has 2 aliphatic rings. The van der Waals surface area contributed by atoms with E-state index in [1.165, 1.54) is 0 Å². The quantitative estimate of drug-likeness (QED) is 0.766. The lowest BCUT2D eigenvalue weighted by molar-refractivity contribution is -0.129. The first-order chi connectivity index (χ1) is 8.66. The third-order valence-corrected chi connectivity index (χ3v) is 3.63. The van der Waals surface area contributed by atoms with Crippen molar-refractivity contribution in [2.24, 2.45) is 0 Å². The van der Waals surface area contributed by atoms with Crippen LogP contribution in [0, 0.1) is 0 Å². The van der Waals surface area contributed by atoms with Gasteiger partial charge in [0.1, 0.15) is 6.04 Å². The minimum Gasteiger partial charge on any atom is -0.378 e. The van der Waals surface area contributed by atoms with E-state index in [1.54, 1.807) is 0 Å². The molecule has 4 atom stereocenters. The second-order valence-corrected chi connectivity index (χ2v) is 5.29. The maximum atomic E-state index is 12.1. The maximum Gasteiger partial charge on any atom is 0.240 e. The molecule has 0 bridgehead atoms. The van der Waals surface area contributed by atoms with E-state index < -0.39 is 0 Å². The van der Waals surface area contributed by atoms with E-state index in [0.717, 1.165) is 32.4 Å². The Balaban J connectivity index is 1.75. The smallest absolute Gasteiger partial charge is 0.240 e. The van der Waals surface area contributed by atoms with E-state index in [-0.39, 0.29) is 24.1 Å². The predicted molar refractivity (Wildman–Crippen MR) is 68.4 cm³/mol. The van der Waals surface area contributed by atoms with E-state index in [1.807, 2.05) is 13.8 Å². The average Bonchev–Trinajstić information content (AvgIpc) is 2.82. The van der Waals surface area contributed by atoms with Crippen LogP contribution in [0.15, 0.2) is 0 Å². The lowest BCUT2D eigenvalue weighted by Crippen LogP contribution is -2.56. The van der Waals surface area contributed by atoms with Crippen LogP contribution in [0.5, 0.6) is 0 Å². The highest BCUT2D eigenvalue weighted by Gasteiger charge is 2.29. The first-order valence-electron chi connectivity index (χ1n) is 6.94. The van der Waals surface area contributed by atoms with Crippen molar-refractivity contribution in [3.63, 3.8) is 0 Å². The van der Waals surface area contributed by atoms with Crippen molar-refractivity contribution in [3.05, 3.63) is 0 Å². The van der Waals surface area contributed by atoms with E-state index in [4.69, 9.17) is 9.47 Å². The molecule has 2 aliphatic heterocycles. The SMILES string of the molecule is CC(CC1CCCO1)NC(=O)[C@H]1NCCO[C@@H]1C. The van der Waals surface area contributed by atoms with Crippen molar-refractivity contribution >= 4 is 5.91 Å². The van der Waals surface area contributed by atoms with Gasteiger partial charge in [-0.15, -0.1) is 0 Å². The minimum absolute atomic E-state index is 0.0349. The predicted octanol–water partition coefficient (Wildman–Crippen LogP) is 0.437. The Morgan fingerprint density at radius 1 is 1.44 bits per heavy atom. The van der Waals surface area contributed by atoms with Crippen LogP contribution in [0.4, 0.5) is 0 Å². The van der Waals surface area contributed by atoms with Crippen LogP contribution in [-0.2, 0) is 14.3 Å². The molecular formula is C13H24N2O3. The molecule has 2 heterocycles. The summed E-state index contributed by atoms with van der Waals surface area (Å²) in [6.45, 7) is 6.24. The number of hydrogen-bond acceptors (Lipinski definition) is 4. The molecule has 1 amide bonds. The molecule has 2 fully saturated rings. The molecule has 0 aromatic rings. The van der Waals surface area contributed by atoms with Crippen molar-refractivity contribution in [1.29, 1.82) is 0 Å². The molecule has 5 nitrogen and oxygen atoms in total. The fourth-order valence-corrected chi connectivity index (χ4v) is 2.64. The molecule has 104 valence electrons. The molecule has 5 heteroatoms. The highest BCUT2D eigenvalue weighted by Crippen LogP contribution is 2.17. The summed E-state index contributed by atoms with van der Waals surface area (Å²) in [6, 6.07) is -0.0813. The van der Waals surface area contributed by atoms with Crippen LogP contribution in [0.3, 0.4) is 0 Å². The molecule has 0 spiro atoms. The summed E-state index contributed by atoms with van der Waals surface area (Å²) in [5.74, 6) is 0.0349. The Morgan fingerprint density at radius 3 is 2.94 bits per heavy atom. The molecular weight excluding hydrogens is 232 g/mol. The summed E-state index contributed by atoms with van der Waals surface area (Å²) in [5, 5.41) is 6.24. The van der Waals surface area contributed by atoms with Gasteiger partial charge in [-0.1, -0.05) is 0 Å². The lowest BCUT2D eigenvalue weighted by Gasteiger charge is -2.30. The van der Waals surface area contributed by atoms with Gasteiger partial charge in [0.15, 0.2) is 0 Å². The molecule has 2 rings (SSSR count). The van der Waals surface area contributed by atoms with Crippen molar-refractivity contribution in [2.45, 2.75) is 57.4 Å². The van der Waals surface area contributed by atoms with Gasteiger partial charge in [-0.2, -0.15) is 0 Å². The summed E-state index contributed by atoms with van der Waals surface area (Å²) < 4.78 is 11.1. The number of carbonyl (C=O) groups excluding carboxylic acids is 1. The summed E-state index contributed by atoms with van der Waals surface area (Å²) in [6.07, 6.45) is 3.40. The molecule has 18 heavy (non-hydrogen) atoms. The molecule has 0 aromatic carbocycles. The zero-order chi connectivity index (χ0) is 13.0. The fraction of sp³-hybridized carbons (Fsp3) is 0.923. The van der Waals surface area contributed by atoms with Crippen molar-refractivity contribution in [1.82, 2.24) is 10.6 Å². The number of nitrogens with one attached hydrogen (secondary N) is 2. The Bertz CT molecular complexity index is 279. The molecule has 2 unspecified atom stereocenters. The zero-order valence-electron chi connectivity index (χ0n) is 11.3. The molecule has 0 saturated carbocycles. The highest BCUT2D eigenvalue weighted by atomic mass is 16.5. The Labute approximate surface area is 109 Å². The van der Waals surface area contributed by atoms with Gasteiger partial charge in [0.05, 0.1) is 18.8 Å². The second kappa shape index (κ2) is 6.50. The molecule has 2 saturated heterocycles. The van der Waals surface area contributed by atoms with Crippen LogP contribution in [0.25, 0.3) is 0 Å². The van der Waals surface area contributed by atoms with Crippen LogP contribution in [-0.4, -0.2) is 50.0 Å². The first-order valence-corrected chi connectivity index (χ1v) is 6.94. The summed E-state index contributed by atoms with van der Waals surface area (Å²) in [7, 11) is 0. The van der Waals surface area contributed by atoms with Gasteiger partial charge in [0, 0.05) is 19.2 Å². The van der Waals surface area contributed by atoms with Crippen LogP contribution >= 0.6 is 0 Å². The molecule has 0 aliphatic carbocycles. The van der Waals surface area contributed by atoms with Gasteiger partial charge in [-0.05, 0) is 33.1 Å². The Morgan fingerprint density at radius 2 is 2.28 bits per heavy atom. The normalized spacial score (nSPS) is 34.2. The largest absolute Gasteiger partial charge is 0.378 e. The first kappa shape index (κ1) is 13.8. The van der Waals surface area contributed by atoms with Gasteiger partial charge >= 0.3 is 0 Å². The van der Waals surface area contributed by atoms with Gasteiger partial charge in [0.25, 0.3) is 0 Å². The van der Waals surface area contributed by atoms with E-state index in [9.17, 15) is 4.79 Å². The fourth-order valence-electron chi connectivity index (χ4n) is 2.64. The number of ether oxygens (including phenoxy) is 2. The van der Waals surface area contributed by atoms with Crippen molar-refractivity contribution in [2.75, 3.05) is 19.8 Å². The average molecular weight is 256 g/mol. The third kappa shape index (κ3) is 3.67. The standard InChI is InChI=1S/C13H24N2O3/c1-9(8-11-4-3-6-18-11)15-13(16)12-10(2)17-7-5-14-12/h9-12,14H,3-8H2,1-2H3,(H,15,16)/t9?,10-,11?,12+/m1/s1. The molecule has 2 N–H and O–H groups in total. The Hall–Kier alpha value is -0.650. The van der Waals surface area contributed by atoms with E-state index in [2.05, 4.69) is 10.6 Å². The van der Waals surface area contributed by atoms with E-state index in [0.29, 0.717) is 12.7 Å². The van der Waals surface area contributed by atoms with E-state index >= 15 is 0 Å². The highest BCUT2D eigenvalue weighted by molar-refractivity contribution is 5.82.